The molecule has 7 heteroatoms. The molecule has 0 aromatic heterocycles. The molecule has 0 radical (unpaired) electrons. The molecular formula is C20H25ClN2O4. The van der Waals surface area contributed by atoms with Crippen LogP contribution in [0.2, 0.25) is 5.02 Å². The Kier molecular flexibility index (Phi) is 7.61. The van der Waals surface area contributed by atoms with Crippen molar-refractivity contribution in [1.82, 2.24) is 0 Å². The molecule has 0 unspecified atom stereocenters. The van der Waals surface area contributed by atoms with Gasteiger partial charge in [0.25, 0.3) is 5.91 Å². The van der Waals surface area contributed by atoms with Gasteiger partial charge < -0.3 is 25.3 Å². The van der Waals surface area contributed by atoms with E-state index in [1.807, 2.05) is 24.3 Å². The minimum absolute atomic E-state index is 0.267. The zero-order valence-corrected chi connectivity index (χ0v) is 16.5. The number of nitrogens with two attached hydrogens (primary N) is 1. The van der Waals surface area contributed by atoms with Crippen LogP contribution in [0, 0.1) is 5.92 Å². The standard InChI is InChI=1S/C20H25ClN2O4/c1-13(2)11-26-16-6-4-5-15(9-16)23-10-14-7-17(21)20(18(8-14)25-3)27-12-19(22)24/h4-9,13,23H,10-12H2,1-3H3,(H2,22,24). The summed E-state index contributed by atoms with van der Waals surface area (Å²) in [7, 11) is 1.51. The Balaban J connectivity index is 2.06. The third-order valence-corrected chi connectivity index (χ3v) is 3.84. The van der Waals surface area contributed by atoms with Crippen LogP contribution in [0.1, 0.15) is 19.4 Å². The normalized spacial score (nSPS) is 10.6. The van der Waals surface area contributed by atoms with Gasteiger partial charge in [0.05, 0.1) is 18.7 Å². The zero-order valence-electron chi connectivity index (χ0n) is 15.8. The first-order valence-corrected chi connectivity index (χ1v) is 9.01. The zero-order chi connectivity index (χ0) is 19.8. The van der Waals surface area contributed by atoms with Crippen molar-refractivity contribution in [2.75, 3.05) is 25.6 Å². The molecule has 2 aromatic rings. The van der Waals surface area contributed by atoms with Gasteiger partial charge in [0.2, 0.25) is 0 Å². The average molecular weight is 393 g/mol. The van der Waals surface area contributed by atoms with Crippen molar-refractivity contribution < 1.29 is 19.0 Å². The van der Waals surface area contributed by atoms with Crippen LogP contribution in [-0.4, -0.2) is 26.2 Å². The van der Waals surface area contributed by atoms with E-state index in [-0.39, 0.29) is 6.61 Å². The van der Waals surface area contributed by atoms with Crippen LogP contribution in [0.5, 0.6) is 17.2 Å². The molecular weight excluding hydrogens is 368 g/mol. The van der Waals surface area contributed by atoms with Crippen molar-refractivity contribution >= 4 is 23.2 Å². The van der Waals surface area contributed by atoms with Crippen molar-refractivity contribution in [3.05, 3.63) is 47.0 Å². The van der Waals surface area contributed by atoms with E-state index in [1.54, 1.807) is 12.1 Å². The van der Waals surface area contributed by atoms with Crippen LogP contribution in [0.15, 0.2) is 36.4 Å². The SMILES string of the molecule is COc1cc(CNc2cccc(OCC(C)C)c2)cc(Cl)c1OCC(N)=O. The number of primary amides is 1. The monoisotopic (exact) mass is 392 g/mol. The molecule has 0 aliphatic rings. The summed E-state index contributed by atoms with van der Waals surface area (Å²) in [5.74, 6) is 1.44. The van der Waals surface area contributed by atoms with Crippen LogP contribution >= 0.6 is 11.6 Å². The summed E-state index contributed by atoms with van der Waals surface area (Å²) < 4.78 is 16.4. The molecule has 1 amide bonds. The molecule has 6 nitrogen and oxygen atoms in total. The molecule has 0 aliphatic carbocycles. The highest BCUT2D eigenvalue weighted by molar-refractivity contribution is 6.32. The molecule has 3 N–H and O–H groups in total. The predicted octanol–water partition coefficient (Wildman–Crippen LogP) is 3.86. The fourth-order valence-electron chi connectivity index (χ4n) is 2.32. The van der Waals surface area contributed by atoms with Gasteiger partial charge in [-0.3, -0.25) is 4.79 Å². The Bertz CT molecular complexity index is 781. The third kappa shape index (κ3) is 6.57. The first-order valence-electron chi connectivity index (χ1n) is 8.63. The number of halogens is 1. The maximum Gasteiger partial charge on any atom is 0.255 e. The molecule has 2 rings (SSSR count). The fraction of sp³-hybridized carbons (Fsp3) is 0.350. The van der Waals surface area contributed by atoms with Gasteiger partial charge in [-0.05, 0) is 35.7 Å². The number of rotatable bonds is 10. The van der Waals surface area contributed by atoms with E-state index in [0.29, 0.717) is 35.6 Å². The first kappa shape index (κ1) is 20.7. The molecule has 146 valence electrons. The lowest BCUT2D eigenvalue weighted by molar-refractivity contribution is -0.119. The molecule has 27 heavy (non-hydrogen) atoms. The number of hydrogen-bond acceptors (Lipinski definition) is 5. The van der Waals surface area contributed by atoms with Gasteiger partial charge in [-0.1, -0.05) is 31.5 Å². The van der Waals surface area contributed by atoms with Crippen LogP contribution < -0.4 is 25.3 Å². The summed E-state index contributed by atoms with van der Waals surface area (Å²) >= 11 is 6.27. The van der Waals surface area contributed by atoms with Crippen molar-refractivity contribution in [3.8, 4) is 17.2 Å². The molecule has 0 spiro atoms. The lowest BCUT2D eigenvalue weighted by Gasteiger charge is -2.14. The minimum Gasteiger partial charge on any atom is -0.493 e. The Hall–Kier alpha value is -2.60. The molecule has 0 atom stereocenters. The fourth-order valence-corrected chi connectivity index (χ4v) is 2.61. The summed E-state index contributed by atoms with van der Waals surface area (Å²) in [5.41, 5.74) is 6.94. The van der Waals surface area contributed by atoms with E-state index < -0.39 is 5.91 Å². The van der Waals surface area contributed by atoms with E-state index in [2.05, 4.69) is 19.2 Å². The second-order valence-electron chi connectivity index (χ2n) is 6.45. The number of methoxy groups -OCH3 is 1. The summed E-state index contributed by atoms with van der Waals surface area (Å²) in [5, 5.41) is 3.68. The lowest BCUT2D eigenvalue weighted by Crippen LogP contribution is -2.20. The average Bonchev–Trinajstić information content (AvgIpc) is 2.63. The van der Waals surface area contributed by atoms with Gasteiger partial charge in [0.1, 0.15) is 5.75 Å². The summed E-state index contributed by atoms with van der Waals surface area (Å²) in [6, 6.07) is 11.3. The van der Waals surface area contributed by atoms with E-state index in [1.165, 1.54) is 7.11 Å². The van der Waals surface area contributed by atoms with Gasteiger partial charge in [-0.15, -0.1) is 0 Å². The number of hydrogen-bond donors (Lipinski definition) is 2. The summed E-state index contributed by atoms with van der Waals surface area (Å²) in [6.07, 6.45) is 0. The number of anilines is 1. The van der Waals surface area contributed by atoms with Crippen LogP contribution in [0.4, 0.5) is 5.69 Å². The quantitative estimate of drug-likeness (QED) is 0.641. The highest BCUT2D eigenvalue weighted by Gasteiger charge is 2.13. The largest absolute Gasteiger partial charge is 0.493 e. The summed E-state index contributed by atoms with van der Waals surface area (Å²) in [4.78, 5) is 10.9. The maximum absolute atomic E-state index is 10.9. The van der Waals surface area contributed by atoms with Gasteiger partial charge in [0.15, 0.2) is 18.1 Å². The molecule has 0 aliphatic heterocycles. The molecule has 0 saturated heterocycles. The van der Waals surface area contributed by atoms with E-state index in [0.717, 1.165) is 17.0 Å². The molecule has 0 heterocycles. The summed E-state index contributed by atoms with van der Waals surface area (Å²) in [6.45, 7) is 5.14. The Morgan fingerprint density at radius 1 is 1.22 bits per heavy atom. The van der Waals surface area contributed by atoms with Crippen molar-refractivity contribution in [2.45, 2.75) is 20.4 Å². The van der Waals surface area contributed by atoms with Gasteiger partial charge in [-0.2, -0.15) is 0 Å². The Labute approximate surface area is 164 Å². The van der Waals surface area contributed by atoms with E-state index in [9.17, 15) is 4.79 Å². The highest BCUT2D eigenvalue weighted by Crippen LogP contribution is 2.36. The second-order valence-corrected chi connectivity index (χ2v) is 6.86. The maximum atomic E-state index is 10.9. The smallest absolute Gasteiger partial charge is 0.255 e. The minimum atomic E-state index is -0.585. The van der Waals surface area contributed by atoms with E-state index >= 15 is 0 Å². The Morgan fingerprint density at radius 2 is 2.00 bits per heavy atom. The van der Waals surface area contributed by atoms with Gasteiger partial charge in [-0.25, -0.2) is 0 Å². The topological polar surface area (TPSA) is 82.8 Å². The number of carbonyl (C=O) groups is 1. The number of amides is 1. The van der Waals surface area contributed by atoms with E-state index in [4.69, 9.17) is 31.5 Å². The number of benzene rings is 2. The van der Waals surface area contributed by atoms with Gasteiger partial charge >= 0.3 is 0 Å². The molecule has 2 aromatic carbocycles. The van der Waals surface area contributed by atoms with Crippen molar-refractivity contribution in [3.63, 3.8) is 0 Å². The van der Waals surface area contributed by atoms with Crippen molar-refractivity contribution in [1.29, 1.82) is 0 Å². The Morgan fingerprint density at radius 3 is 2.67 bits per heavy atom. The number of nitrogens with one attached hydrogen (secondary N) is 1. The predicted molar refractivity (Wildman–Crippen MR) is 107 cm³/mol. The molecule has 0 saturated carbocycles. The number of carbonyl (C=O) groups excluding carboxylic acids is 1. The molecule has 0 bridgehead atoms. The van der Waals surface area contributed by atoms with Crippen molar-refractivity contribution in [2.24, 2.45) is 11.7 Å². The third-order valence-electron chi connectivity index (χ3n) is 3.56. The first-order chi connectivity index (χ1) is 12.9. The number of ether oxygens (including phenoxy) is 3. The molecule has 0 fully saturated rings. The second kappa shape index (κ2) is 9.92. The lowest BCUT2D eigenvalue weighted by atomic mass is 10.2. The highest BCUT2D eigenvalue weighted by atomic mass is 35.5. The van der Waals surface area contributed by atoms with Crippen LogP contribution in [-0.2, 0) is 11.3 Å². The van der Waals surface area contributed by atoms with Crippen LogP contribution in [0.25, 0.3) is 0 Å². The van der Waals surface area contributed by atoms with Crippen LogP contribution in [0.3, 0.4) is 0 Å². The van der Waals surface area contributed by atoms with Gasteiger partial charge in [0, 0.05) is 18.3 Å².